The van der Waals surface area contributed by atoms with Crippen LogP contribution in [-0.2, 0) is 11.2 Å². The van der Waals surface area contributed by atoms with Gasteiger partial charge in [-0.2, -0.15) is 0 Å². The molecule has 0 aliphatic carbocycles. The number of carbonyl (C=O) groups is 2. The maximum atomic E-state index is 12.2. The first kappa shape index (κ1) is 15.8. The minimum Gasteiger partial charge on any atom is -0.464 e. The highest BCUT2D eigenvalue weighted by molar-refractivity contribution is 6.08. The molecular formula is C20H15N3O3. The number of aromatic nitrogens is 1. The Morgan fingerprint density at radius 1 is 0.962 bits per heavy atom. The molecule has 2 heterocycles. The second kappa shape index (κ2) is 6.68. The number of amides is 2. The highest BCUT2D eigenvalue weighted by Gasteiger charge is 2.14. The van der Waals surface area contributed by atoms with E-state index in [0.29, 0.717) is 0 Å². The molecule has 6 nitrogen and oxygen atoms in total. The van der Waals surface area contributed by atoms with Crippen LogP contribution in [0.2, 0.25) is 0 Å². The standard InChI is InChI=1S/C20H15N3O3/c24-18(22-23-20(25)16-7-3-4-10-21-16)11-14-12-26-17-9-8-13-5-1-2-6-15(13)19(14)17/h1-10,12H,11H2,(H,22,24)(H,23,25). The van der Waals surface area contributed by atoms with E-state index in [1.54, 1.807) is 24.5 Å². The Bertz CT molecular complexity index is 1100. The van der Waals surface area contributed by atoms with Crippen molar-refractivity contribution >= 4 is 33.6 Å². The molecule has 128 valence electrons. The normalized spacial score (nSPS) is 10.8. The van der Waals surface area contributed by atoms with Crippen LogP contribution in [0.4, 0.5) is 0 Å². The molecule has 0 atom stereocenters. The van der Waals surface area contributed by atoms with Crippen molar-refractivity contribution in [3.05, 3.63) is 78.3 Å². The van der Waals surface area contributed by atoms with E-state index in [2.05, 4.69) is 15.8 Å². The number of hydrogen-bond acceptors (Lipinski definition) is 4. The van der Waals surface area contributed by atoms with Gasteiger partial charge in [0, 0.05) is 17.1 Å². The fourth-order valence-corrected chi connectivity index (χ4v) is 2.91. The zero-order chi connectivity index (χ0) is 17.9. The Kier molecular flexibility index (Phi) is 4.07. The van der Waals surface area contributed by atoms with E-state index < -0.39 is 5.91 Å². The molecule has 0 aliphatic rings. The number of hydrazine groups is 1. The van der Waals surface area contributed by atoms with Gasteiger partial charge in [0.25, 0.3) is 5.91 Å². The van der Waals surface area contributed by atoms with Crippen molar-refractivity contribution in [1.82, 2.24) is 15.8 Å². The number of nitrogens with one attached hydrogen (secondary N) is 2. The summed E-state index contributed by atoms with van der Waals surface area (Å²) in [6.07, 6.45) is 3.18. The van der Waals surface area contributed by atoms with Gasteiger partial charge in [-0.1, -0.05) is 36.4 Å². The number of fused-ring (bicyclic) bond motifs is 3. The van der Waals surface area contributed by atoms with E-state index in [1.807, 2.05) is 36.4 Å². The summed E-state index contributed by atoms with van der Waals surface area (Å²) < 4.78 is 5.58. The van der Waals surface area contributed by atoms with Gasteiger partial charge in [-0.3, -0.25) is 25.4 Å². The lowest BCUT2D eigenvalue weighted by molar-refractivity contribution is -0.121. The molecule has 0 saturated carbocycles. The summed E-state index contributed by atoms with van der Waals surface area (Å²) in [5.41, 5.74) is 6.50. The molecule has 26 heavy (non-hydrogen) atoms. The summed E-state index contributed by atoms with van der Waals surface area (Å²) >= 11 is 0. The second-order valence-electron chi connectivity index (χ2n) is 5.81. The van der Waals surface area contributed by atoms with Crippen LogP contribution in [0, 0.1) is 0 Å². The molecule has 2 aromatic heterocycles. The third-order valence-corrected chi connectivity index (χ3v) is 4.10. The van der Waals surface area contributed by atoms with E-state index in [9.17, 15) is 9.59 Å². The van der Waals surface area contributed by atoms with Gasteiger partial charge in [0.15, 0.2) is 0 Å². The molecular weight excluding hydrogens is 330 g/mol. The van der Waals surface area contributed by atoms with Crippen LogP contribution in [0.3, 0.4) is 0 Å². The summed E-state index contributed by atoms with van der Waals surface area (Å²) in [4.78, 5) is 28.1. The van der Waals surface area contributed by atoms with Gasteiger partial charge >= 0.3 is 0 Å². The van der Waals surface area contributed by atoms with Gasteiger partial charge in [-0.05, 0) is 29.0 Å². The molecule has 0 unspecified atom stereocenters. The Hall–Kier alpha value is -3.67. The highest BCUT2D eigenvalue weighted by atomic mass is 16.3. The van der Waals surface area contributed by atoms with Crippen molar-refractivity contribution < 1.29 is 14.0 Å². The van der Waals surface area contributed by atoms with Crippen LogP contribution in [0.15, 0.2) is 71.5 Å². The number of nitrogens with zero attached hydrogens (tertiary/aromatic N) is 1. The van der Waals surface area contributed by atoms with Gasteiger partial charge in [0.1, 0.15) is 11.3 Å². The summed E-state index contributed by atoms with van der Waals surface area (Å²) in [6, 6.07) is 16.8. The average Bonchev–Trinajstić information content (AvgIpc) is 3.10. The van der Waals surface area contributed by atoms with Crippen LogP contribution in [-0.4, -0.2) is 16.8 Å². The third-order valence-electron chi connectivity index (χ3n) is 4.10. The fraction of sp³-hybridized carbons (Fsp3) is 0.0500. The average molecular weight is 345 g/mol. The molecule has 2 aromatic carbocycles. The van der Waals surface area contributed by atoms with Crippen molar-refractivity contribution in [3.8, 4) is 0 Å². The second-order valence-corrected chi connectivity index (χ2v) is 5.81. The molecule has 2 amide bonds. The van der Waals surface area contributed by atoms with Gasteiger partial charge in [-0.25, -0.2) is 0 Å². The number of hydrogen-bond donors (Lipinski definition) is 2. The van der Waals surface area contributed by atoms with E-state index in [4.69, 9.17) is 4.42 Å². The minimum absolute atomic E-state index is 0.0868. The number of carbonyl (C=O) groups excluding carboxylic acids is 2. The van der Waals surface area contributed by atoms with Gasteiger partial charge in [-0.15, -0.1) is 0 Å². The number of pyridine rings is 1. The Labute approximate surface area is 148 Å². The van der Waals surface area contributed by atoms with E-state index in [-0.39, 0.29) is 18.0 Å². The minimum atomic E-state index is -0.471. The van der Waals surface area contributed by atoms with Crippen LogP contribution < -0.4 is 10.9 Å². The first-order chi connectivity index (χ1) is 12.7. The van der Waals surface area contributed by atoms with Gasteiger partial charge in [0.05, 0.1) is 12.7 Å². The molecule has 4 aromatic rings. The number of benzene rings is 2. The topological polar surface area (TPSA) is 84.2 Å². The van der Waals surface area contributed by atoms with Crippen molar-refractivity contribution in [1.29, 1.82) is 0 Å². The summed E-state index contributed by atoms with van der Waals surface area (Å²) in [5.74, 6) is -0.814. The van der Waals surface area contributed by atoms with Crippen molar-refractivity contribution in [2.24, 2.45) is 0 Å². The van der Waals surface area contributed by atoms with Crippen molar-refractivity contribution in [2.75, 3.05) is 0 Å². The lowest BCUT2D eigenvalue weighted by atomic mass is 10.0. The summed E-state index contributed by atoms with van der Waals surface area (Å²) in [6.45, 7) is 0. The largest absolute Gasteiger partial charge is 0.464 e. The summed E-state index contributed by atoms with van der Waals surface area (Å²) in [5, 5.41) is 3.01. The molecule has 0 radical (unpaired) electrons. The molecule has 0 saturated heterocycles. The Morgan fingerprint density at radius 3 is 2.65 bits per heavy atom. The van der Waals surface area contributed by atoms with Crippen molar-refractivity contribution in [3.63, 3.8) is 0 Å². The molecule has 4 rings (SSSR count). The first-order valence-electron chi connectivity index (χ1n) is 8.10. The molecule has 0 fully saturated rings. The SMILES string of the molecule is O=C(Cc1coc2ccc3ccccc3c12)NNC(=O)c1ccccn1. The monoisotopic (exact) mass is 345 g/mol. The van der Waals surface area contributed by atoms with Crippen LogP contribution in [0.25, 0.3) is 21.7 Å². The molecule has 2 N–H and O–H groups in total. The zero-order valence-corrected chi connectivity index (χ0v) is 13.7. The van der Waals surface area contributed by atoms with E-state index in [0.717, 1.165) is 27.3 Å². The number of furan rings is 1. The molecule has 0 spiro atoms. The zero-order valence-electron chi connectivity index (χ0n) is 13.7. The van der Waals surface area contributed by atoms with Crippen LogP contribution >= 0.6 is 0 Å². The molecule has 6 heteroatoms. The van der Waals surface area contributed by atoms with Gasteiger partial charge in [0.2, 0.25) is 5.91 Å². The lowest BCUT2D eigenvalue weighted by Crippen LogP contribution is -2.42. The van der Waals surface area contributed by atoms with Crippen LogP contribution in [0.1, 0.15) is 16.1 Å². The fourth-order valence-electron chi connectivity index (χ4n) is 2.91. The van der Waals surface area contributed by atoms with E-state index in [1.165, 1.54) is 6.20 Å². The third kappa shape index (κ3) is 3.00. The molecule has 0 aliphatic heterocycles. The maximum absolute atomic E-state index is 12.2. The predicted molar refractivity (Wildman–Crippen MR) is 97.3 cm³/mol. The van der Waals surface area contributed by atoms with Crippen LogP contribution in [0.5, 0.6) is 0 Å². The first-order valence-corrected chi connectivity index (χ1v) is 8.10. The van der Waals surface area contributed by atoms with E-state index >= 15 is 0 Å². The maximum Gasteiger partial charge on any atom is 0.288 e. The predicted octanol–water partition coefficient (Wildman–Crippen LogP) is 2.98. The Morgan fingerprint density at radius 2 is 1.81 bits per heavy atom. The molecule has 0 bridgehead atoms. The van der Waals surface area contributed by atoms with Gasteiger partial charge < -0.3 is 4.42 Å². The Balaban J connectivity index is 1.51. The lowest BCUT2D eigenvalue weighted by Gasteiger charge is -2.07. The van der Waals surface area contributed by atoms with Crippen molar-refractivity contribution in [2.45, 2.75) is 6.42 Å². The number of rotatable bonds is 3. The quantitative estimate of drug-likeness (QED) is 0.559. The summed E-state index contributed by atoms with van der Waals surface area (Å²) in [7, 11) is 0. The highest BCUT2D eigenvalue weighted by Crippen LogP contribution is 2.29. The smallest absolute Gasteiger partial charge is 0.288 e.